The number of aryl methyl sites for hydroxylation is 3. The monoisotopic (exact) mass is 340 g/mol. The van der Waals surface area contributed by atoms with Gasteiger partial charge in [0.25, 0.3) is 11.5 Å². The highest BCUT2D eigenvalue weighted by Crippen LogP contribution is 2.22. The second-order valence-electron chi connectivity index (χ2n) is 7.09. The fourth-order valence-electron chi connectivity index (χ4n) is 3.98. The number of nitrogens with zero attached hydrogens (tertiary/aromatic N) is 1. The van der Waals surface area contributed by atoms with Crippen molar-refractivity contribution in [3.8, 4) is 0 Å². The number of rotatable bonds is 3. The first-order valence-electron chi connectivity index (χ1n) is 9.30. The van der Waals surface area contributed by atoms with Crippen LogP contribution >= 0.6 is 0 Å². The number of hydrogen-bond acceptors (Lipinski definition) is 3. The number of hydrogen-bond donors (Lipinski definition) is 3. The topological polar surface area (TPSA) is 90.6 Å². The van der Waals surface area contributed by atoms with Gasteiger partial charge >= 0.3 is 0 Å². The molecule has 2 heterocycles. The lowest BCUT2D eigenvalue weighted by Gasteiger charge is -2.15. The Morgan fingerprint density at radius 3 is 2.72 bits per heavy atom. The van der Waals surface area contributed by atoms with Crippen LogP contribution in [0, 0.1) is 0 Å². The number of aromatic amines is 2. The van der Waals surface area contributed by atoms with Crippen molar-refractivity contribution in [2.45, 2.75) is 64.3 Å². The normalized spacial score (nSPS) is 16.6. The molecule has 1 amide bonds. The average molecular weight is 340 g/mol. The third-order valence-corrected chi connectivity index (χ3v) is 5.39. The molecular weight excluding hydrogens is 316 g/mol. The molecule has 25 heavy (non-hydrogen) atoms. The third kappa shape index (κ3) is 3.25. The molecule has 0 radical (unpaired) electrons. The van der Waals surface area contributed by atoms with Crippen LogP contribution in [-0.4, -0.2) is 21.1 Å². The molecule has 0 saturated carbocycles. The van der Waals surface area contributed by atoms with E-state index in [-0.39, 0.29) is 17.0 Å². The van der Waals surface area contributed by atoms with Crippen LogP contribution in [0.15, 0.2) is 10.9 Å². The van der Waals surface area contributed by atoms with Crippen molar-refractivity contribution < 1.29 is 4.79 Å². The van der Waals surface area contributed by atoms with Crippen LogP contribution in [0.4, 0.5) is 0 Å². The molecule has 0 aliphatic heterocycles. The molecule has 132 valence electrons. The summed E-state index contributed by atoms with van der Waals surface area (Å²) in [5, 5.41) is 10.4. The van der Waals surface area contributed by atoms with Crippen LogP contribution in [-0.2, 0) is 32.2 Å². The zero-order chi connectivity index (χ0) is 17.2. The number of fused-ring (bicyclic) bond motifs is 2. The van der Waals surface area contributed by atoms with Crippen LogP contribution in [0.1, 0.15) is 70.7 Å². The predicted octanol–water partition coefficient (Wildman–Crippen LogP) is 2.18. The Morgan fingerprint density at radius 1 is 1.04 bits per heavy atom. The Bertz CT molecular complexity index is 850. The van der Waals surface area contributed by atoms with Gasteiger partial charge in [0.2, 0.25) is 0 Å². The summed E-state index contributed by atoms with van der Waals surface area (Å²) < 4.78 is 0. The molecule has 6 heteroatoms. The van der Waals surface area contributed by atoms with Crippen molar-refractivity contribution in [3.63, 3.8) is 0 Å². The maximum absolute atomic E-state index is 12.5. The Hall–Kier alpha value is -2.37. The van der Waals surface area contributed by atoms with E-state index in [1.54, 1.807) is 6.07 Å². The van der Waals surface area contributed by atoms with E-state index in [9.17, 15) is 9.59 Å². The Labute approximate surface area is 146 Å². The summed E-state index contributed by atoms with van der Waals surface area (Å²) >= 11 is 0. The number of carbonyl (C=O) groups is 1. The molecule has 4 rings (SSSR count). The number of H-pyrrole nitrogens is 2. The lowest BCUT2D eigenvalue weighted by molar-refractivity contribution is 0.0948. The minimum atomic E-state index is -0.319. The van der Waals surface area contributed by atoms with Crippen molar-refractivity contribution in [1.82, 2.24) is 20.5 Å². The van der Waals surface area contributed by atoms with Gasteiger partial charge in [0.05, 0.1) is 12.2 Å². The van der Waals surface area contributed by atoms with Crippen LogP contribution in [0.3, 0.4) is 0 Å². The zero-order valence-electron chi connectivity index (χ0n) is 14.4. The molecule has 0 fully saturated rings. The highest BCUT2D eigenvalue weighted by molar-refractivity contribution is 5.94. The van der Waals surface area contributed by atoms with E-state index in [0.717, 1.165) is 61.9 Å². The van der Waals surface area contributed by atoms with Gasteiger partial charge in [-0.1, -0.05) is 6.42 Å². The van der Waals surface area contributed by atoms with Gasteiger partial charge in [0, 0.05) is 11.4 Å². The fourth-order valence-corrected chi connectivity index (χ4v) is 3.98. The minimum absolute atomic E-state index is 0.210. The smallest absolute Gasteiger partial charge is 0.261 e. The van der Waals surface area contributed by atoms with Crippen molar-refractivity contribution in [3.05, 3.63) is 50.2 Å². The highest BCUT2D eigenvalue weighted by Gasteiger charge is 2.19. The molecule has 0 aromatic carbocycles. The number of carbonyl (C=O) groups excluding carboxylic acids is 1. The number of aromatic nitrogens is 3. The molecule has 0 bridgehead atoms. The van der Waals surface area contributed by atoms with E-state index < -0.39 is 0 Å². The first kappa shape index (κ1) is 16.1. The molecule has 2 aromatic heterocycles. The standard InChI is InChI=1S/C19H24N4O2/c24-18(14-10-12-6-4-5-8-15(12)21-19(14)25)20-11-17-13-7-2-1-3-9-16(13)22-23-17/h10H,1-9,11H2,(H,20,24)(H,21,25)(H,22,23). The summed E-state index contributed by atoms with van der Waals surface area (Å²) in [4.78, 5) is 27.6. The van der Waals surface area contributed by atoms with E-state index in [1.807, 2.05) is 0 Å². The Kier molecular flexibility index (Phi) is 4.42. The number of nitrogens with one attached hydrogen (secondary N) is 3. The maximum atomic E-state index is 12.5. The summed E-state index contributed by atoms with van der Waals surface area (Å²) in [6.45, 7) is 0.362. The maximum Gasteiger partial charge on any atom is 0.261 e. The number of amides is 1. The molecule has 2 aliphatic rings. The summed E-state index contributed by atoms with van der Waals surface area (Å²) in [6.07, 6.45) is 9.66. The fraction of sp³-hybridized carbons (Fsp3) is 0.526. The number of pyridine rings is 1. The first-order valence-corrected chi connectivity index (χ1v) is 9.30. The van der Waals surface area contributed by atoms with Crippen LogP contribution in [0.5, 0.6) is 0 Å². The van der Waals surface area contributed by atoms with E-state index in [4.69, 9.17) is 0 Å². The van der Waals surface area contributed by atoms with Crippen molar-refractivity contribution >= 4 is 5.91 Å². The van der Waals surface area contributed by atoms with Gasteiger partial charge < -0.3 is 10.3 Å². The predicted molar refractivity (Wildman–Crippen MR) is 94.7 cm³/mol. The van der Waals surface area contributed by atoms with Gasteiger partial charge in [0.15, 0.2) is 0 Å². The van der Waals surface area contributed by atoms with Crippen LogP contribution < -0.4 is 10.9 Å². The second kappa shape index (κ2) is 6.86. The molecule has 0 unspecified atom stereocenters. The zero-order valence-corrected chi connectivity index (χ0v) is 14.4. The molecule has 6 nitrogen and oxygen atoms in total. The summed E-state index contributed by atoms with van der Waals surface area (Å²) in [5.41, 5.74) is 5.36. The van der Waals surface area contributed by atoms with Gasteiger partial charge in [-0.3, -0.25) is 14.7 Å². The van der Waals surface area contributed by atoms with Crippen molar-refractivity contribution in [2.24, 2.45) is 0 Å². The molecular formula is C19H24N4O2. The third-order valence-electron chi connectivity index (χ3n) is 5.39. The van der Waals surface area contributed by atoms with E-state index in [0.29, 0.717) is 6.54 Å². The molecule has 0 saturated heterocycles. The largest absolute Gasteiger partial charge is 0.346 e. The van der Waals surface area contributed by atoms with Crippen LogP contribution in [0.2, 0.25) is 0 Å². The summed E-state index contributed by atoms with van der Waals surface area (Å²) in [7, 11) is 0. The van der Waals surface area contributed by atoms with Crippen molar-refractivity contribution in [1.29, 1.82) is 0 Å². The highest BCUT2D eigenvalue weighted by atomic mass is 16.2. The van der Waals surface area contributed by atoms with Gasteiger partial charge in [0.1, 0.15) is 5.56 Å². The van der Waals surface area contributed by atoms with Gasteiger partial charge in [-0.25, -0.2) is 0 Å². The van der Waals surface area contributed by atoms with Gasteiger partial charge in [-0.15, -0.1) is 0 Å². The molecule has 0 atom stereocenters. The van der Waals surface area contributed by atoms with E-state index in [2.05, 4.69) is 20.5 Å². The van der Waals surface area contributed by atoms with Gasteiger partial charge in [-0.2, -0.15) is 5.10 Å². The lowest BCUT2D eigenvalue weighted by Crippen LogP contribution is -2.31. The van der Waals surface area contributed by atoms with E-state index in [1.165, 1.54) is 24.1 Å². The Morgan fingerprint density at radius 2 is 1.80 bits per heavy atom. The molecule has 0 spiro atoms. The molecule has 2 aromatic rings. The molecule has 2 aliphatic carbocycles. The minimum Gasteiger partial charge on any atom is -0.346 e. The summed E-state index contributed by atoms with van der Waals surface area (Å²) in [5.74, 6) is -0.319. The SMILES string of the molecule is O=C(NCc1n[nH]c2c1CCCCC2)c1cc2c([nH]c1=O)CCCC2. The van der Waals surface area contributed by atoms with Gasteiger partial charge in [-0.05, 0) is 68.6 Å². The van der Waals surface area contributed by atoms with Crippen molar-refractivity contribution in [2.75, 3.05) is 0 Å². The van der Waals surface area contributed by atoms with E-state index >= 15 is 0 Å². The lowest BCUT2D eigenvalue weighted by atomic mass is 9.95. The summed E-state index contributed by atoms with van der Waals surface area (Å²) in [6, 6.07) is 1.77. The van der Waals surface area contributed by atoms with Crippen LogP contribution in [0.25, 0.3) is 0 Å². The first-order chi connectivity index (χ1) is 12.2. The Balaban J connectivity index is 1.50. The average Bonchev–Trinajstić information content (AvgIpc) is 2.85. The quantitative estimate of drug-likeness (QED) is 0.748. The molecule has 3 N–H and O–H groups in total. The second-order valence-corrected chi connectivity index (χ2v) is 7.09.